The van der Waals surface area contributed by atoms with Gasteiger partial charge in [-0.05, 0) is 33.3 Å². The molecule has 1 atom stereocenters. The molecule has 0 saturated carbocycles. The Labute approximate surface area is 151 Å². The topological polar surface area (TPSA) is 110 Å². The molecule has 0 spiro atoms. The Morgan fingerprint density at radius 2 is 2.15 bits per heavy atom. The molecular weight excluding hydrogens is 361 g/mol. The number of fused-ring (bicyclic) bond motifs is 1. The van der Waals surface area contributed by atoms with Crippen LogP contribution in [0.4, 0.5) is 15.8 Å². The lowest BCUT2D eigenvalue weighted by molar-refractivity contribution is 0.1000. The Morgan fingerprint density at radius 1 is 1.46 bits per heavy atom. The van der Waals surface area contributed by atoms with Crippen LogP contribution >= 0.6 is 0 Å². The van der Waals surface area contributed by atoms with Crippen molar-refractivity contribution in [1.82, 2.24) is 9.61 Å². The van der Waals surface area contributed by atoms with Gasteiger partial charge in [0.15, 0.2) is 0 Å². The van der Waals surface area contributed by atoms with E-state index in [4.69, 9.17) is 5.73 Å². The van der Waals surface area contributed by atoms with Gasteiger partial charge in [-0.2, -0.15) is 5.10 Å². The summed E-state index contributed by atoms with van der Waals surface area (Å²) in [5, 5.41) is 7.13. The number of amides is 1. The normalized spacial score (nSPS) is 18.2. The largest absolute Gasteiger partial charge is 0.377 e. The SMILES string of the molecule is C[C@@H](Nc1c(C(N)=O)cnn2cc(N3CCCS3(=O)=O)cc12)C(C)(C)F. The lowest BCUT2D eigenvalue weighted by atomic mass is 10.0. The highest BCUT2D eigenvalue weighted by molar-refractivity contribution is 7.93. The smallest absolute Gasteiger partial charge is 0.252 e. The zero-order valence-corrected chi connectivity index (χ0v) is 15.7. The van der Waals surface area contributed by atoms with E-state index in [1.54, 1.807) is 19.2 Å². The van der Waals surface area contributed by atoms with Gasteiger partial charge in [-0.1, -0.05) is 0 Å². The van der Waals surface area contributed by atoms with E-state index in [2.05, 4.69) is 10.4 Å². The molecule has 1 saturated heterocycles. The maximum absolute atomic E-state index is 14.3. The quantitative estimate of drug-likeness (QED) is 0.813. The first-order valence-electron chi connectivity index (χ1n) is 8.28. The third kappa shape index (κ3) is 3.20. The second-order valence-electron chi connectivity index (χ2n) is 7.00. The number of halogens is 1. The first kappa shape index (κ1) is 18.4. The zero-order valence-electron chi connectivity index (χ0n) is 14.9. The zero-order chi connectivity index (χ0) is 19.3. The number of alkyl halides is 1. The van der Waals surface area contributed by atoms with Gasteiger partial charge in [0, 0.05) is 6.54 Å². The highest BCUT2D eigenvalue weighted by atomic mass is 32.2. The van der Waals surface area contributed by atoms with Crippen LogP contribution in [-0.2, 0) is 10.0 Å². The molecule has 3 N–H and O–H groups in total. The molecular formula is C16H22FN5O3S. The predicted molar refractivity (Wildman–Crippen MR) is 97.7 cm³/mol. The van der Waals surface area contributed by atoms with Gasteiger partial charge in [-0.25, -0.2) is 17.3 Å². The monoisotopic (exact) mass is 383 g/mol. The second kappa shape index (κ2) is 6.11. The lowest BCUT2D eigenvalue weighted by Gasteiger charge is -2.26. The molecule has 0 aromatic carbocycles. The van der Waals surface area contributed by atoms with E-state index in [0.717, 1.165) is 0 Å². The number of hydrogen-bond donors (Lipinski definition) is 2. The van der Waals surface area contributed by atoms with Crippen LogP contribution < -0.4 is 15.4 Å². The molecule has 2 aromatic heterocycles. The van der Waals surface area contributed by atoms with Gasteiger partial charge < -0.3 is 11.1 Å². The Kier molecular flexibility index (Phi) is 4.33. The van der Waals surface area contributed by atoms with Crippen LogP contribution in [0.3, 0.4) is 0 Å². The van der Waals surface area contributed by atoms with Gasteiger partial charge in [0.2, 0.25) is 10.0 Å². The lowest BCUT2D eigenvalue weighted by Crippen LogP contribution is -2.36. The fraction of sp³-hybridized carbons (Fsp3) is 0.500. The van der Waals surface area contributed by atoms with Crippen LogP contribution in [0.25, 0.3) is 5.52 Å². The molecule has 0 aliphatic carbocycles. The molecule has 1 amide bonds. The molecule has 2 aromatic rings. The summed E-state index contributed by atoms with van der Waals surface area (Å²) >= 11 is 0. The number of rotatable bonds is 5. The Balaban J connectivity index is 2.14. The fourth-order valence-corrected chi connectivity index (χ4v) is 4.38. The van der Waals surface area contributed by atoms with Gasteiger partial charge >= 0.3 is 0 Å². The molecule has 1 aliphatic heterocycles. The van der Waals surface area contributed by atoms with Crippen LogP contribution in [0.1, 0.15) is 37.6 Å². The third-order valence-corrected chi connectivity index (χ3v) is 6.54. The van der Waals surface area contributed by atoms with Crippen molar-refractivity contribution in [3.8, 4) is 0 Å². The van der Waals surface area contributed by atoms with Crippen LogP contribution in [-0.4, -0.2) is 47.9 Å². The minimum Gasteiger partial charge on any atom is -0.377 e. The summed E-state index contributed by atoms with van der Waals surface area (Å²) in [6.07, 6.45) is 3.41. The summed E-state index contributed by atoms with van der Waals surface area (Å²) in [6, 6.07) is 0.989. The highest BCUT2D eigenvalue weighted by Gasteiger charge is 2.31. The number of nitrogens with zero attached hydrogens (tertiary/aromatic N) is 3. The molecule has 3 heterocycles. The van der Waals surface area contributed by atoms with Crippen molar-refractivity contribution in [2.45, 2.75) is 38.9 Å². The van der Waals surface area contributed by atoms with Crippen molar-refractivity contribution >= 4 is 32.8 Å². The second-order valence-corrected chi connectivity index (χ2v) is 9.01. The number of sulfonamides is 1. The predicted octanol–water partition coefficient (Wildman–Crippen LogP) is 1.52. The van der Waals surface area contributed by atoms with Gasteiger partial charge in [0.05, 0.1) is 46.6 Å². The van der Waals surface area contributed by atoms with Crippen molar-refractivity contribution in [1.29, 1.82) is 0 Å². The maximum Gasteiger partial charge on any atom is 0.252 e. The molecule has 0 radical (unpaired) electrons. The summed E-state index contributed by atoms with van der Waals surface area (Å²) < 4.78 is 41.4. The summed E-state index contributed by atoms with van der Waals surface area (Å²) in [7, 11) is -3.35. The first-order valence-corrected chi connectivity index (χ1v) is 9.88. The number of carbonyl (C=O) groups is 1. The van der Waals surface area contributed by atoms with E-state index >= 15 is 0 Å². The Bertz CT molecular complexity index is 964. The van der Waals surface area contributed by atoms with Crippen molar-refractivity contribution in [2.75, 3.05) is 21.9 Å². The molecule has 10 heteroatoms. The van der Waals surface area contributed by atoms with E-state index < -0.39 is 27.6 Å². The first-order chi connectivity index (χ1) is 12.0. The number of aromatic nitrogens is 2. The molecule has 26 heavy (non-hydrogen) atoms. The average Bonchev–Trinajstić information content (AvgIpc) is 3.08. The highest BCUT2D eigenvalue weighted by Crippen LogP contribution is 2.32. The molecule has 1 fully saturated rings. The minimum absolute atomic E-state index is 0.0946. The minimum atomic E-state index is -3.35. The van der Waals surface area contributed by atoms with Gasteiger partial charge in [-0.3, -0.25) is 9.10 Å². The summed E-state index contributed by atoms with van der Waals surface area (Å²) in [5.74, 6) is -0.611. The third-order valence-electron chi connectivity index (χ3n) is 4.67. The average molecular weight is 383 g/mol. The van der Waals surface area contributed by atoms with Crippen LogP contribution in [0.15, 0.2) is 18.5 Å². The van der Waals surface area contributed by atoms with Crippen LogP contribution in [0.2, 0.25) is 0 Å². The summed E-state index contributed by atoms with van der Waals surface area (Å²) in [6.45, 7) is 4.88. The summed E-state index contributed by atoms with van der Waals surface area (Å²) in [4.78, 5) is 11.8. The van der Waals surface area contributed by atoms with Crippen molar-refractivity contribution in [2.24, 2.45) is 5.73 Å². The van der Waals surface area contributed by atoms with Crippen LogP contribution in [0, 0.1) is 0 Å². The van der Waals surface area contributed by atoms with E-state index in [-0.39, 0.29) is 11.3 Å². The number of nitrogens with one attached hydrogen (secondary N) is 1. The number of nitrogens with two attached hydrogens (primary N) is 1. The Hall–Kier alpha value is -2.36. The fourth-order valence-electron chi connectivity index (χ4n) is 2.84. The van der Waals surface area contributed by atoms with Gasteiger partial charge in [0.25, 0.3) is 5.91 Å². The van der Waals surface area contributed by atoms with Crippen LogP contribution in [0.5, 0.6) is 0 Å². The summed E-state index contributed by atoms with van der Waals surface area (Å²) in [5.41, 5.74) is 5.23. The maximum atomic E-state index is 14.3. The van der Waals surface area contributed by atoms with Crippen molar-refractivity contribution < 1.29 is 17.6 Å². The van der Waals surface area contributed by atoms with Gasteiger partial charge in [-0.15, -0.1) is 0 Å². The van der Waals surface area contributed by atoms with Crippen molar-refractivity contribution in [3.63, 3.8) is 0 Å². The number of primary amides is 1. The van der Waals surface area contributed by atoms with E-state index in [0.29, 0.717) is 29.9 Å². The van der Waals surface area contributed by atoms with E-state index in [9.17, 15) is 17.6 Å². The van der Waals surface area contributed by atoms with Gasteiger partial charge in [0.1, 0.15) is 5.67 Å². The molecule has 0 unspecified atom stereocenters. The number of hydrogen-bond acceptors (Lipinski definition) is 5. The standard InChI is InChI=1S/C16H22FN5O3S/c1-10(16(2,3)17)20-14-12(15(18)23)8-19-21-9-11(7-13(14)21)22-5-4-6-26(22,24)25/h7-10,20H,4-6H2,1-3H3,(H2,18,23)/t10-/m1/s1. The molecule has 142 valence electrons. The molecule has 3 rings (SSSR count). The molecule has 1 aliphatic rings. The van der Waals surface area contributed by atoms with E-state index in [1.165, 1.54) is 28.9 Å². The number of carbonyl (C=O) groups excluding carboxylic acids is 1. The molecule has 0 bridgehead atoms. The Morgan fingerprint density at radius 3 is 2.69 bits per heavy atom. The van der Waals surface area contributed by atoms with Crippen molar-refractivity contribution in [3.05, 3.63) is 24.0 Å². The molecule has 8 nitrogen and oxygen atoms in total. The van der Waals surface area contributed by atoms with E-state index in [1.807, 2.05) is 0 Å². The number of anilines is 2.